The van der Waals surface area contributed by atoms with E-state index in [1.165, 1.54) is 23.3 Å². The van der Waals surface area contributed by atoms with Crippen LogP contribution in [0.15, 0.2) is 66.0 Å². The summed E-state index contributed by atoms with van der Waals surface area (Å²) in [5, 5.41) is 4.75. The Bertz CT molecular complexity index is 1140. The Hall–Kier alpha value is -3.78. The number of carbonyl (C=O) groups is 4. The molecule has 3 amide bonds. The van der Waals surface area contributed by atoms with E-state index >= 15 is 0 Å². The number of rotatable bonds is 7. The number of imide groups is 1. The molecule has 1 aliphatic rings. The maximum Gasteiger partial charge on any atom is 0.307 e. The van der Waals surface area contributed by atoms with Gasteiger partial charge in [-0.1, -0.05) is 30.3 Å². The number of nitrogens with one attached hydrogen (secondary N) is 1. The predicted octanol–water partition coefficient (Wildman–Crippen LogP) is 3.58. The summed E-state index contributed by atoms with van der Waals surface area (Å²) in [5.41, 5.74) is 1.93. The van der Waals surface area contributed by atoms with Gasteiger partial charge < -0.3 is 10.1 Å². The van der Waals surface area contributed by atoms with E-state index in [-0.39, 0.29) is 30.7 Å². The van der Waals surface area contributed by atoms with Gasteiger partial charge >= 0.3 is 5.97 Å². The zero-order valence-corrected chi connectivity index (χ0v) is 18.1. The summed E-state index contributed by atoms with van der Waals surface area (Å²) in [6, 6.07) is 16.6. The highest BCUT2D eigenvalue weighted by atomic mass is 32.1. The van der Waals surface area contributed by atoms with Crippen molar-refractivity contribution < 1.29 is 23.9 Å². The molecule has 0 aliphatic carbocycles. The van der Waals surface area contributed by atoms with Gasteiger partial charge in [0.15, 0.2) is 0 Å². The maximum absolute atomic E-state index is 12.8. The van der Waals surface area contributed by atoms with Gasteiger partial charge in [0, 0.05) is 10.4 Å². The molecule has 2 heterocycles. The molecule has 162 valence electrons. The van der Waals surface area contributed by atoms with Gasteiger partial charge in [0.2, 0.25) is 0 Å². The lowest BCUT2D eigenvalue weighted by molar-refractivity contribution is -0.141. The summed E-state index contributed by atoms with van der Waals surface area (Å²) in [6.45, 7) is 0.119. The second-order valence-corrected chi connectivity index (χ2v) is 8.24. The summed E-state index contributed by atoms with van der Waals surface area (Å²) in [6.07, 6.45) is 0.0284. The molecule has 1 N–H and O–H groups in total. The van der Waals surface area contributed by atoms with Crippen molar-refractivity contribution >= 4 is 35.0 Å². The Labute approximate surface area is 188 Å². The van der Waals surface area contributed by atoms with Crippen molar-refractivity contribution in [2.75, 3.05) is 7.11 Å². The molecular formula is C24H20N2O5S. The van der Waals surface area contributed by atoms with Crippen molar-refractivity contribution in [1.29, 1.82) is 0 Å². The first-order chi connectivity index (χ1) is 15.5. The van der Waals surface area contributed by atoms with Crippen LogP contribution in [-0.2, 0) is 16.1 Å². The van der Waals surface area contributed by atoms with E-state index in [0.717, 1.165) is 10.4 Å². The molecule has 1 atom stereocenters. The third-order valence-corrected chi connectivity index (χ3v) is 6.21. The minimum absolute atomic E-state index is 0.0284. The summed E-state index contributed by atoms with van der Waals surface area (Å²) in [7, 11) is 1.31. The normalized spacial score (nSPS) is 13.6. The number of thiophene rings is 1. The molecule has 7 nitrogen and oxygen atoms in total. The molecule has 1 aromatic heterocycles. The number of benzene rings is 2. The Morgan fingerprint density at radius 1 is 0.969 bits per heavy atom. The van der Waals surface area contributed by atoms with E-state index in [1.54, 1.807) is 48.5 Å². The first kappa shape index (κ1) is 21.5. The van der Waals surface area contributed by atoms with Gasteiger partial charge in [0.1, 0.15) is 0 Å². The van der Waals surface area contributed by atoms with Crippen LogP contribution in [0.1, 0.15) is 54.0 Å². The van der Waals surface area contributed by atoms with Gasteiger partial charge in [-0.05, 0) is 41.3 Å². The quantitative estimate of drug-likeness (QED) is 0.441. The third-order valence-electron chi connectivity index (χ3n) is 5.23. The third kappa shape index (κ3) is 4.31. The number of fused-ring (bicyclic) bond motifs is 1. The first-order valence-electron chi connectivity index (χ1n) is 9.93. The molecular weight excluding hydrogens is 428 g/mol. The second-order valence-electron chi connectivity index (χ2n) is 7.26. The van der Waals surface area contributed by atoms with Crippen molar-refractivity contribution in [3.63, 3.8) is 0 Å². The molecule has 0 bridgehead atoms. The van der Waals surface area contributed by atoms with E-state index in [0.29, 0.717) is 16.7 Å². The molecule has 1 unspecified atom stereocenters. The van der Waals surface area contributed by atoms with Gasteiger partial charge in [-0.15, -0.1) is 11.3 Å². The van der Waals surface area contributed by atoms with Crippen molar-refractivity contribution in [3.05, 3.63) is 93.2 Å². The molecule has 0 saturated carbocycles. The van der Waals surface area contributed by atoms with Crippen molar-refractivity contribution in [2.24, 2.45) is 0 Å². The van der Waals surface area contributed by atoms with Gasteiger partial charge in [0.25, 0.3) is 17.7 Å². The highest BCUT2D eigenvalue weighted by Gasteiger charge is 2.34. The van der Waals surface area contributed by atoms with Crippen LogP contribution >= 0.6 is 11.3 Å². The minimum atomic E-state index is -0.493. The van der Waals surface area contributed by atoms with E-state index in [1.807, 2.05) is 17.5 Å². The molecule has 4 rings (SSSR count). The largest absolute Gasteiger partial charge is 0.469 e. The number of hydrogen-bond acceptors (Lipinski definition) is 6. The Kier molecular flexibility index (Phi) is 6.13. The van der Waals surface area contributed by atoms with Gasteiger partial charge in [0.05, 0.1) is 37.2 Å². The molecule has 3 aromatic rings. The van der Waals surface area contributed by atoms with Gasteiger partial charge in [-0.3, -0.25) is 24.1 Å². The van der Waals surface area contributed by atoms with Crippen LogP contribution in [-0.4, -0.2) is 35.7 Å². The topological polar surface area (TPSA) is 92.8 Å². The van der Waals surface area contributed by atoms with Crippen LogP contribution < -0.4 is 5.32 Å². The second kappa shape index (κ2) is 9.15. The monoisotopic (exact) mass is 448 g/mol. The lowest BCUT2D eigenvalue weighted by atomic mass is 10.1. The standard InChI is InChI=1S/C24H20N2O5S/c1-31-21(27)13-19(20-7-4-12-32-20)25-22(28)16-10-8-15(9-11-16)14-26-23(29)17-5-2-3-6-18(17)24(26)30/h2-12,19H,13-14H2,1H3,(H,25,28). The number of carbonyl (C=O) groups excluding carboxylic acids is 4. The SMILES string of the molecule is COC(=O)CC(NC(=O)c1ccc(CN2C(=O)c3ccccc3C2=O)cc1)c1cccs1. The molecule has 0 spiro atoms. The zero-order valence-electron chi connectivity index (χ0n) is 17.2. The highest BCUT2D eigenvalue weighted by molar-refractivity contribution is 7.10. The summed E-state index contributed by atoms with van der Waals surface area (Å²) in [4.78, 5) is 51.6. The van der Waals surface area contributed by atoms with E-state index in [4.69, 9.17) is 4.74 Å². The van der Waals surface area contributed by atoms with Crippen LogP contribution in [0.5, 0.6) is 0 Å². The fourth-order valence-electron chi connectivity index (χ4n) is 3.53. The minimum Gasteiger partial charge on any atom is -0.469 e. The molecule has 0 fully saturated rings. The van der Waals surface area contributed by atoms with E-state index in [2.05, 4.69) is 5.32 Å². The van der Waals surface area contributed by atoms with Crippen molar-refractivity contribution in [3.8, 4) is 0 Å². The van der Waals surface area contributed by atoms with Crippen LogP contribution in [0, 0.1) is 0 Å². The Morgan fingerprint density at radius 2 is 1.62 bits per heavy atom. The molecule has 32 heavy (non-hydrogen) atoms. The average molecular weight is 449 g/mol. The first-order valence-corrected chi connectivity index (χ1v) is 10.8. The van der Waals surface area contributed by atoms with Gasteiger partial charge in [-0.25, -0.2) is 0 Å². The number of methoxy groups -OCH3 is 1. The molecule has 0 saturated heterocycles. The van der Waals surface area contributed by atoms with E-state index < -0.39 is 12.0 Å². The fourth-order valence-corrected chi connectivity index (χ4v) is 4.31. The molecule has 0 radical (unpaired) electrons. The molecule has 8 heteroatoms. The number of nitrogens with zero attached hydrogens (tertiary/aromatic N) is 1. The Morgan fingerprint density at radius 3 is 2.19 bits per heavy atom. The summed E-state index contributed by atoms with van der Waals surface area (Å²) in [5.74, 6) is -1.40. The van der Waals surface area contributed by atoms with Crippen LogP contribution in [0.3, 0.4) is 0 Å². The van der Waals surface area contributed by atoms with Gasteiger partial charge in [-0.2, -0.15) is 0 Å². The fraction of sp³-hybridized carbons (Fsp3) is 0.167. The number of hydrogen-bond donors (Lipinski definition) is 1. The smallest absolute Gasteiger partial charge is 0.307 e. The highest BCUT2D eigenvalue weighted by Crippen LogP contribution is 2.25. The average Bonchev–Trinajstić information content (AvgIpc) is 3.43. The zero-order chi connectivity index (χ0) is 22.7. The summed E-state index contributed by atoms with van der Waals surface area (Å²) < 4.78 is 4.74. The van der Waals surface area contributed by atoms with Crippen LogP contribution in [0.4, 0.5) is 0 Å². The Balaban J connectivity index is 1.44. The lowest BCUT2D eigenvalue weighted by Gasteiger charge is -2.17. The number of ether oxygens (including phenoxy) is 1. The van der Waals surface area contributed by atoms with Crippen molar-refractivity contribution in [1.82, 2.24) is 10.2 Å². The number of amides is 3. The lowest BCUT2D eigenvalue weighted by Crippen LogP contribution is -2.30. The maximum atomic E-state index is 12.8. The van der Waals surface area contributed by atoms with Crippen molar-refractivity contribution in [2.45, 2.75) is 19.0 Å². The number of esters is 1. The van der Waals surface area contributed by atoms with E-state index in [9.17, 15) is 19.2 Å². The molecule has 2 aromatic carbocycles. The molecule has 1 aliphatic heterocycles. The van der Waals surface area contributed by atoms with Crippen LogP contribution in [0.25, 0.3) is 0 Å². The predicted molar refractivity (Wildman–Crippen MR) is 118 cm³/mol. The summed E-state index contributed by atoms with van der Waals surface area (Å²) >= 11 is 1.44. The van der Waals surface area contributed by atoms with Crippen LogP contribution in [0.2, 0.25) is 0 Å².